The number of halogens is 1. The van der Waals surface area contributed by atoms with Gasteiger partial charge in [-0.1, -0.05) is 6.07 Å². The normalized spacial score (nSPS) is 23.2. The molecule has 37 heavy (non-hydrogen) atoms. The van der Waals surface area contributed by atoms with E-state index in [2.05, 4.69) is 21.7 Å². The number of fused-ring (bicyclic) bond motifs is 3. The van der Waals surface area contributed by atoms with E-state index < -0.39 is 0 Å². The topological polar surface area (TPSA) is 66.4 Å². The zero-order valence-corrected chi connectivity index (χ0v) is 21.2. The number of likely N-dealkylation sites (tertiary alicyclic amines) is 1. The molecule has 1 amide bonds. The maximum Gasteiger partial charge on any atom is 0.258 e. The van der Waals surface area contributed by atoms with E-state index in [1.807, 2.05) is 22.8 Å². The number of benzene rings is 2. The Kier molecular flexibility index (Phi) is 5.48. The summed E-state index contributed by atoms with van der Waals surface area (Å²) in [6, 6.07) is 10.2. The first-order valence-electron chi connectivity index (χ1n) is 13.7. The van der Waals surface area contributed by atoms with Gasteiger partial charge in [0.1, 0.15) is 5.82 Å². The van der Waals surface area contributed by atoms with Crippen molar-refractivity contribution in [3.05, 3.63) is 69.4 Å². The third-order valence-electron chi connectivity index (χ3n) is 8.69. The van der Waals surface area contributed by atoms with Crippen LogP contribution in [0.3, 0.4) is 0 Å². The van der Waals surface area contributed by atoms with Crippen LogP contribution in [0, 0.1) is 18.7 Å². The number of rotatable bonds is 7. The average Bonchev–Trinajstić information content (AvgIpc) is 3.81. The lowest BCUT2D eigenvalue weighted by Crippen LogP contribution is -2.43. The third kappa shape index (κ3) is 4.38. The lowest BCUT2D eigenvalue weighted by atomic mass is 9.94. The van der Waals surface area contributed by atoms with Gasteiger partial charge in [-0.3, -0.25) is 14.5 Å². The van der Waals surface area contributed by atoms with Crippen LogP contribution in [0.2, 0.25) is 0 Å². The minimum Gasteiger partial charge on any atom is -0.349 e. The maximum absolute atomic E-state index is 15.0. The highest BCUT2D eigenvalue weighted by Crippen LogP contribution is 2.34. The predicted molar refractivity (Wildman–Crippen MR) is 142 cm³/mol. The Morgan fingerprint density at radius 3 is 2.68 bits per heavy atom. The number of nitrogens with one attached hydrogen (secondary N) is 2. The highest BCUT2D eigenvalue weighted by molar-refractivity contribution is 5.97. The van der Waals surface area contributed by atoms with E-state index >= 15 is 0 Å². The molecule has 2 bridgehead atoms. The molecule has 2 saturated carbocycles. The summed E-state index contributed by atoms with van der Waals surface area (Å²) >= 11 is 0. The monoisotopic (exact) mass is 500 g/mol. The second kappa shape index (κ2) is 8.77. The van der Waals surface area contributed by atoms with Crippen molar-refractivity contribution in [3.63, 3.8) is 0 Å². The van der Waals surface area contributed by atoms with E-state index in [-0.39, 0.29) is 23.3 Å². The second-order valence-corrected chi connectivity index (χ2v) is 11.6. The lowest BCUT2D eigenvalue weighted by molar-refractivity contribution is 0.0950. The van der Waals surface area contributed by atoms with Crippen molar-refractivity contribution in [3.8, 4) is 11.1 Å². The first-order valence-corrected chi connectivity index (χ1v) is 13.7. The van der Waals surface area contributed by atoms with Gasteiger partial charge in [0, 0.05) is 61.5 Å². The molecule has 2 aliphatic heterocycles. The molecule has 3 heterocycles. The van der Waals surface area contributed by atoms with Gasteiger partial charge in [-0.15, -0.1) is 0 Å². The van der Waals surface area contributed by atoms with Crippen molar-refractivity contribution in [2.45, 2.75) is 70.2 Å². The zero-order chi connectivity index (χ0) is 25.3. The highest BCUT2D eigenvalue weighted by atomic mass is 19.1. The summed E-state index contributed by atoms with van der Waals surface area (Å²) in [5.41, 5.74) is 3.56. The molecule has 0 spiro atoms. The molecule has 192 valence electrons. The minimum atomic E-state index is -0.390. The standard InChI is InChI=1S/C30H33FN4O2/c1-17-26(9-20(10-28(17)31)29(36)33-22-5-6-22)19-4-7-25-27(8-19)21(14-34-16-23-11-24(34)12-32-23)15-35(30(25)37)13-18-2-3-18/h4,7-10,15,18,22-24,32H,2-3,5-6,11-14,16H2,1H3,(H,33,36)/t23-,24-/m1/s1. The number of piperazine rings is 1. The van der Waals surface area contributed by atoms with Gasteiger partial charge in [0.25, 0.3) is 11.5 Å². The van der Waals surface area contributed by atoms with Gasteiger partial charge in [-0.05, 0) is 96.9 Å². The molecule has 7 rings (SSSR count). The Morgan fingerprint density at radius 1 is 1.14 bits per heavy atom. The summed E-state index contributed by atoms with van der Waals surface area (Å²) < 4.78 is 16.9. The van der Waals surface area contributed by atoms with Crippen LogP contribution in [-0.2, 0) is 13.1 Å². The first kappa shape index (κ1) is 23.1. The molecule has 2 atom stereocenters. The fourth-order valence-corrected chi connectivity index (χ4v) is 6.14. The van der Waals surface area contributed by atoms with Crippen molar-refractivity contribution in [1.29, 1.82) is 0 Å². The van der Waals surface area contributed by atoms with E-state index in [1.165, 1.54) is 25.3 Å². The second-order valence-electron chi connectivity index (χ2n) is 11.6. The van der Waals surface area contributed by atoms with E-state index in [1.54, 1.807) is 13.0 Å². The number of pyridine rings is 1. The summed E-state index contributed by atoms with van der Waals surface area (Å²) in [5, 5.41) is 8.17. The molecule has 4 fully saturated rings. The van der Waals surface area contributed by atoms with E-state index in [4.69, 9.17) is 0 Å². The summed E-state index contributed by atoms with van der Waals surface area (Å²) in [7, 11) is 0. The SMILES string of the molecule is Cc1c(F)cc(C(=O)NC2CC2)cc1-c1ccc2c(=O)n(CC3CC3)cc(CN3C[C@H]4C[C@@H]3CN4)c2c1. The third-order valence-corrected chi connectivity index (χ3v) is 8.69. The largest absolute Gasteiger partial charge is 0.349 e. The summed E-state index contributed by atoms with van der Waals surface area (Å²) in [4.78, 5) is 28.7. The molecular formula is C30H33FN4O2. The number of aromatic nitrogens is 1. The van der Waals surface area contributed by atoms with Crippen molar-refractivity contribution in [1.82, 2.24) is 20.1 Å². The van der Waals surface area contributed by atoms with Gasteiger partial charge in [0.2, 0.25) is 0 Å². The van der Waals surface area contributed by atoms with Gasteiger partial charge in [0.15, 0.2) is 0 Å². The number of hydrogen-bond donors (Lipinski definition) is 2. The van der Waals surface area contributed by atoms with Gasteiger partial charge in [0.05, 0.1) is 0 Å². The summed E-state index contributed by atoms with van der Waals surface area (Å²) in [6.45, 7) is 5.37. The minimum absolute atomic E-state index is 0.0438. The van der Waals surface area contributed by atoms with Crippen molar-refractivity contribution in [2.75, 3.05) is 13.1 Å². The molecule has 0 unspecified atom stereocenters. The fraction of sp³-hybridized carbons (Fsp3) is 0.467. The Morgan fingerprint density at radius 2 is 1.97 bits per heavy atom. The average molecular weight is 501 g/mol. The van der Waals surface area contributed by atoms with Crippen LogP contribution in [0.5, 0.6) is 0 Å². The van der Waals surface area contributed by atoms with Crippen LogP contribution in [0.4, 0.5) is 4.39 Å². The maximum atomic E-state index is 15.0. The zero-order valence-electron chi connectivity index (χ0n) is 21.2. The van der Waals surface area contributed by atoms with E-state index in [0.29, 0.717) is 40.1 Å². The van der Waals surface area contributed by atoms with Crippen molar-refractivity contribution >= 4 is 16.7 Å². The van der Waals surface area contributed by atoms with Gasteiger partial charge < -0.3 is 15.2 Å². The number of carbonyl (C=O) groups excluding carboxylic acids is 1. The van der Waals surface area contributed by atoms with Gasteiger partial charge in [-0.25, -0.2) is 4.39 Å². The first-order chi connectivity index (χ1) is 17.9. The molecule has 4 aliphatic rings. The fourth-order valence-electron chi connectivity index (χ4n) is 6.14. The van der Waals surface area contributed by atoms with Crippen LogP contribution in [0.1, 0.15) is 53.6 Å². The predicted octanol–water partition coefficient (Wildman–Crippen LogP) is 3.96. The highest BCUT2D eigenvalue weighted by Gasteiger charge is 2.37. The molecular weight excluding hydrogens is 467 g/mol. The number of hydrogen-bond acceptors (Lipinski definition) is 4. The molecule has 3 aromatic rings. The lowest BCUT2D eigenvalue weighted by Gasteiger charge is -2.28. The van der Waals surface area contributed by atoms with Crippen LogP contribution in [0.15, 0.2) is 41.3 Å². The van der Waals surface area contributed by atoms with Crippen LogP contribution in [-0.4, -0.2) is 46.6 Å². The molecule has 2 aliphatic carbocycles. The summed E-state index contributed by atoms with van der Waals surface area (Å²) in [6.07, 6.45) is 7.59. The smallest absolute Gasteiger partial charge is 0.258 e. The Balaban J connectivity index is 1.32. The molecule has 7 heteroatoms. The van der Waals surface area contributed by atoms with Gasteiger partial charge >= 0.3 is 0 Å². The molecule has 1 aromatic heterocycles. The molecule has 0 radical (unpaired) electrons. The number of nitrogens with zero attached hydrogens (tertiary/aromatic N) is 2. The Bertz CT molecular complexity index is 1470. The summed E-state index contributed by atoms with van der Waals surface area (Å²) in [5.74, 6) is -0.0200. The molecule has 2 aromatic carbocycles. The van der Waals surface area contributed by atoms with Crippen LogP contribution >= 0.6 is 0 Å². The van der Waals surface area contributed by atoms with Crippen LogP contribution < -0.4 is 16.2 Å². The van der Waals surface area contributed by atoms with E-state index in [9.17, 15) is 14.0 Å². The number of carbonyl (C=O) groups is 1. The Hall–Kier alpha value is -3.03. The van der Waals surface area contributed by atoms with Crippen LogP contribution in [0.25, 0.3) is 21.9 Å². The van der Waals surface area contributed by atoms with E-state index in [0.717, 1.165) is 55.5 Å². The molecule has 2 N–H and O–H groups in total. The van der Waals surface area contributed by atoms with Gasteiger partial charge in [-0.2, -0.15) is 0 Å². The quantitative estimate of drug-likeness (QED) is 0.515. The van der Waals surface area contributed by atoms with Crippen molar-refractivity contribution in [2.24, 2.45) is 5.92 Å². The molecule has 2 saturated heterocycles. The Labute approximate surface area is 215 Å². The van der Waals surface area contributed by atoms with Crippen molar-refractivity contribution < 1.29 is 9.18 Å². The molecule has 6 nitrogen and oxygen atoms in total. The number of amides is 1.